The van der Waals surface area contributed by atoms with Gasteiger partial charge in [-0.25, -0.2) is 0 Å². The van der Waals surface area contributed by atoms with Crippen LogP contribution in [0, 0.1) is 0 Å². The first-order valence-corrected chi connectivity index (χ1v) is 6.80. The maximum Gasteiger partial charge on any atom is 0.230 e. The monoisotopic (exact) mass is 246 g/mol. The second-order valence-corrected chi connectivity index (χ2v) is 4.96. The third kappa shape index (κ3) is 2.72. The third-order valence-corrected chi connectivity index (χ3v) is 3.69. The molecule has 98 valence electrons. The lowest BCUT2D eigenvalue weighted by molar-refractivity contribution is -0.135. The second kappa shape index (κ2) is 6.01. The minimum atomic E-state index is 0.00625. The van der Waals surface area contributed by atoms with Crippen LogP contribution in [0.4, 0.5) is 0 Å². The zero-order valence-corrected chi connectivity index (χ0v) is 11.2. The average molecular weight is 246 g/mol. The van der Waals surface area contributed by atoms with E-state index < -0.39 is 0 Å². The molecule has 3 nitrogen and oxygen atoms in total. The van der Waals surface area contributed by atoms with Crippen molar-refractivity contribution in [3.63, 3.8) is 0 Å². The molecule has 1 aromatic rings. The zero-order valence-electron chi connectivity index (χ0n) is 11.2. The molecule has 1 heterocycles. The van der Waals surface area contributed by atoms with Gasteiger partial charge in [-0.05, 0) is 18.9 Å². The number of rotatable bonds is 3. The van der Waals surface area contributed by atoms with E-state index in [9.17, 15) is 4.79 Å². The van der Waals surface area contributed by atoms with E-state index >= 15 is 0 Å². The number of amides is 1. The van der Waals surface area contributed by atoms with Gasteiger partial charge in [0.1, 0.15) is 0 Å². The van der Waals surface area contributed by atoms with Crippen molar-refractivity contribution >= 4 is 5.91 Å². The Morgan fingerprint density at radius 2 is 2.17 bits per heavy atom. The summed E-state index contributed by atoms with van der Waals surface area (Å²) in [6.07, 6.45) is 0.861. The van der Waals surface area contributed by atoms with Crippen LogP contribution in [0.3, 0.4) is 0 Å². The van der Waals surface area contributed by atoms with Crippen LogP contribution < -0.4 is 5.32 Å². The summed E-state index contributed by atoms with van der Waals surface area (Å²) in [6.45, 7) is 6.83. The molecule has 2 atom stereocenters. The number of benzene rings is 1. The zero-order chi connectivity index (χ0) is 13.0. The van der Waals surface area contributed by atoms with E-state index in [1.807, 2.05) is 23.1 Å². The largest absolute Gasteiger partial charge is 0.337 e. The predicted octanol–water partition coefficient (Wildman–Crippen LogP) is 2.00. The average Bonchev–Trinajstić information content (AvgIpc) is 2.41. The van der Waals surface area contributed by atoms with Crippen LogP contribution in [0.25, 0.3) is 0 Å². The highest BCUT2D eigenvalue weighted by atomic mass is 16.2. The molecule has 3 heteroatoms. The molecule has 0 spiro atoms. The van der Waals surface area contributed by atoms with Gasteiger partial charge in [0.25, 0.3) is 0 Å². The molecule has 2 rings (SSSR count). The lowest BCUT2D eigenvalue weighted by Gasteiger charge is -2.36. The minimum absolute atomic E-state index is 0.00625. The molecule has 0 radical (unpaired) electrons. The van der Waals surface area contributed by atoms with Crippen LogP contribution in [0.5, 0.6) is 0 Å². The van der Waals surface area contributed by atoms with Gasteiger partial charge in [0.2, 0.25) is 5.91 Å². The van der Waals surface area contributed by atoms with Crippen LogP contribution in [0.1, 0.15) is 31.7 Å². The van der Waals surface area contributed by atoms with Gasteiger partial charge in [-0.2, -0.15) is 0 Å². The molecule has 0 saturated carbocycles. The molecule has 0 bridgehead atoms. The van der Waals surface area contributed by atoms with Crippen LogP contribution in [0.15, 0.2) is 30.3 Å². The van der Waals surface area contributed by atoms with Crippen molar-refractivity contribution < 1.29 is 4.79 Å². The van der Waals surface area contributed by atoms with Crippen molar-refractivity contribution in [3.05, 3.63) is 35.9 Å². The number of hydrogen-bond acceptors (Lipinski definition) is 2. The molecular formula is C15H22N2O. The SMILES string of the molecule is CCC(C(=O)N1CCNCC1C)c1ccccc1. The maximum absolute atomic E-state index is 12.6. The molecule has 0 aromatic heterocycles. The van der Waals surface area contributed by atoms with Gasteiger partial charge < -0.3 is 10.2 Å². The Morgan fingerprint density at radius 1 is 1.44 bits per heavy atom. The first-order valence-electron chi connectivity index (χ1n) is 6.80. The lowest BCUT2D eigenvalue weighted by Crippen LogP contribution is -2.53. The van der Waals surface area contributed by atoms with E-state index in [0.29, 0.717) is 6.04 Å². The summed E-state index contributed by atoms with van der Waals surface area (Å²) in [5.41, 5.74) is 1.13. The fourth-order valence-electron chi connectivity index (χ4n) is 2.61. The van der Waals surface area contributed by atoms with Crippen LogP contribution in [-0.4, -0.2) is 36.5 Å². The van der Waals surface area contributed by atoms with E-state index in [2.05, 4.69) is 31.3 Å². The molecule has 1 N–H and O–H groups in total. The molecule has 0 aliphatic carbocycles. The maximum atomic E-state index is 12.6. The lowest BCUT2D eigenvalue weighted by atomic mass is 9.94. The number of carbonyl (C=O) groups excluding carboxylic acids is 1. The molecule has 18 heavy (non-hydrogen) atoms. The van der Waals surface area contributed by atoms with Crippen LogP contribution >= 0.6 is 0 Å². The van der Waals surface area contributed by atoms with Gasteiger partial charge in [0, 0.05) is 25.7 Å². The topological polar surface area (TPSA) is 32.3 Å². The highest BCUT2D eigenvalue weighted by molar-refractivity contribution is 5.84. The Bertz CT molecular complexity index is 391. The van der Waals surface area contributed by atoms with Gasteiger partial charge in [0.05, 0.1) is 5.92 Å². The normalized spacial score (nSPS) is 21.7. The highest BCUT2D eigenvalue weighted by Crippen LogP contribution is 2.23. The number of hydrogen-bond donors (Lipinski definition) is 1. The van der Waals surface area contributed by atoms with E-state index in [4.69, 9.17) is 0 Å². The Morgan fingerprint density at radius 3 is 2.78 bits per heavy atom. The molecule has 1 fully saturated rings. The third-order valence-electron chi connectivity index (χ3n) is 3.69. The molecular weight excluding hydrogens is 224 g/mol. The van der Waals surface area contributed by atoms with E-state index in [-0.39, 0.29) is 11.8 Å². The van der Waals surface area contributed by atoms with E-state index in [1.54, 1.807) is 0 Å². The van der Waals surface area contributed by atoms with Crippen molar-refractivity contribution in [1.29, 1.82) is 0 Å². The van der Waals surface area contributed by atoms with Crippen molar-refractivity contribution in [1.82, 2.24) is 10.2 Å². The predicted molar refractivity (Wildman–Crippen MR) is 73.5 cm³/mol. The van der Waals surface area contributed by atoms with E-state index in [1.165, 1.54) is 0 Å². The number of piperazine rings is 1. The van der Waals surface area contributed by atoms with Crippen molar-refractivity contribution in [2.45, 2.75) is 32.2 Å². The number of nitrogens with one attached hydrogen (secondary N) is 1. The number of nitrogens with zero attached hydrogens (tertiary/aromatic N) is 1. The quantitative estimate of drug-likeness (QED) is 0.884. The summed E-state index contributed by atoms with van der Waals surface area (Å²) in [7, 11) is 0. The smallest absolute Gasteiger partial charge is 0.230 e. The summed E-state index contributed by atoms with van der Waals surface area (Å²) in [5.74, 6) is 0.282. The first kappa shape index (κ1) is 13.1. The highest BCUT2D eigenvalue weighted by Gasteiger charge is 2.28. The Labute approximate surface area is 109 Å². The minimum Gasteiger partial charge on any atom is -0.337 e. The fourth-order valence-corrected chi connectivity index (χ4v) is 2.61. The van der Waals surface area contributed by atoms with Gasteiger partial charge in [-0.3, -0.25) is 4.79 Å². The summed E-state index contributed by atoms with van der Waals surface area (Å²) in [5, 5.41) is 3.32. The fraction of sp³-hybridized carbons (Fsp3) is 0.533. The molecule has 1 aliphatic heterocycles. The Kier molecular flexibility index (Phi) is 4.37. The summed E-state index contributed by atoms with van der Waals surface area (Å²) < 4.78 is 0. The second-order valence-electron chi connectivity index (χ2n) is 4.96. The Hall–Kier alpha value is -1.35. The number of carbonyl (C=O) groups is 1. The Balaban J connectivity index is 2.15. The van der Waals surface area contributed by atoms with Crippen LogP contribution in [-0.2, 0) is 4.79 Å². The van der Waals surface area contributed by atoms with Gasteiger partial charge in [0.15, 0.2) is 0 Å². The van der Waals surface area contributed by atoms with E-state index in [0.717, 1.165) is 31.6 Å². The van der Waals surface area contributed by atoms with Gasteiger partial charge >= 0.3 is 0 Å². The molecule has 1 saturated heterocycles. The summed E-state index contributed by atoms with van der Waals surface area (Å²) in [6, 6.07) is 10.4. The van der Waals surface area contributed by atoms with Crippen LogP contribution in [0.2, 0.25) is 0 Å². The van der Waals surface area contributed by atoms with Crippen molar-refractivity contribution in [2.75, 3.05) is 19.6 Å². The molecule has 1 aliphatic rings. The molecule has 1 aromatic carbocycles. The first-order chi connectivity index (χ1) is 8.74. The van der Waals surface area contributed by atoms with Crippen molar-refractivity contribution in [2.24, 2.45) is 0 Å². The standard InChI is InChI=1S/C15H22N2O/c1-3-14(13-7-5-4-6-8-13)15(18)17-10-9-16-11-12(17)2/h4-8,12,14,16H,3,9-11H2,1-2H3. The van der Waals surface area contributed by atoms with Gasteiger partial charge in [-0.15, -0.1) is 0 Å². The molecule has 2 unspecified atom stereocenters. The summed E-state index contributed by atoms with van der Waals surface area (Å²) in [4.78, 5) is 14.7. The van der Waals surface area contributed by atoms with Crippen molar-refractivity contribution in [3.8, 4) is 0 Å². The molecule has 1 amide bonds. The van der Waals surface area contributed by atoms with Gasteiger partial charge in [-0.1, -0.05) is 37.3 Å². The summed E-state index contributed by atoms with van der Waals surface area (Å²) >= 11 is 0.